The molecule has 17 heteroatoms. The number of aromatic amines is 2. The Morgan fingerprint density at radius 2 is 1.53 bits per heavy atom. The molecule has 5 rings (SSSR count). The van der Waals surface area contributed by atoms with Gasteiger partial charge in [-0.1, -0.05) is 73.0 Å². The second-order valence-corrected chi connectivity index (χ2v) is 15.4. The maximum absolute atomic E-state index is 13.4. The van der Waals surface area contributed by atoms with Crippen LogP contribution in [0, 0.1) is 0 Å². The molecule has 0 aliphatic rings. The summed E-state index contributed by atoms with van der Waals surface area (Å²) >= 11 is 5.94. The molecule has 0 bridgehead atoms. The standard InChI is InChI=1S/C40H49ClN7O8P/c41-31-14-5-8-17-36(31)56-57(53,54)55-21-10-2-1-9-19-43-38(50)26-46-37(49)18-11-20-44-40(52)35(23-28-25-45-34-16-7-4-13-30(28)34)48-39(51)32(42)24-29-22-27-12-3-6-15-33(27)47-29/h3-8,12-17,22,25,32,35,45,47H,1-2,9-11,18-21,23-24,26,42H2,(H,43,50)(H,44,52)(H,46,49)(H,48,51)(H,53,54)/t32-,35-/m1/s1. The number of aromatic nitrogens is 2. The topological polar surface area (TPSA) is 230 Å². The van der Waals surface area contributed by atoms with Crippen LogP contribution in [0.2, 0.25) is 5.02 Å². The number of halogens is 1. The summed E-state index contributed by atoms with van der Waals surface area (Å²) < 4.78 is 22.1. The summed E-state index contributed by atoms with van der Waals surface area (Å²) in [4.78, 5) is 67.7. The predicted octanol–water partition coefficient (Wildman–Crippen LogP) is 4.79. The second-order valence-electron chi connectivity index (χ2n) is 13.6. The molecule has 0 saturated heterocycles. The van der Waals surface area contributed by atoms with E-state index in [1.54, 1.807) is 12.1 Å². The number of nitrogens with one attached hydrogen (secondary N) is 6. The van der Waals surface area contributed by atoms with Crippen molar-refractivity contribution < 1.29 is 37.7 Å². The molecule has 1 unspecified atom stereocenters. The summed E-state index contributed by atoms with van der Waals surface area (Å²) in [5.74, 6) is -1.49. The Balaban J connectivity index is 0.967. The first-order valence-electron chi connectivity index (χ1n) is 18.9. The van der Waals surface area contributed by atoms with E-state index < -0.39 is 31.7 Å². The molecule has 0 aliphatic carbocycles. The second kappa shape index (κ2) is 21.4. The van der Waals surface area contributed by atoms with Crippen LogP contribution in [0.3, 0.4) is 0 Å². The fourth-order valence-corrected chi connectivity index (χ4v) is 7.20. The number of H-pyrrole nitrogens is 2. The van der Waals surface area contributed by atoms with E-state index in [-0.39, 0.29) is 61.5 Å². The normalized spacial score (nSPS) is 13.4. The first-order chi connectivity index (χ1) is 27.5. The third-order valence-electron chi connectivity index (χ3n) is 9.12. The van der Waals surface area contributed by atoms with Gasteiger partial charge in [0.1, 0.15) is 11.8 Å². The van der Waals surface area contributed by atoms with E-state index in [2.05, 4.69) is 31.2 Å². The average Bonchev–Trinajstić information content (AvgIpc) is 3.80. The first-order valence-corrected chi connectivity index (χ1v) is 20.7. The summed E-state index contributed by atoms with van der Waals surface area (Å²) in [6.07, 6.45) is 5.32. The SMILES string of the molecule is N[C@H](Cc1cc2ccccc2[nH]1)C(=O)N[C@H](Cc1c[nH]c2ccccc12)C(=O)NCCCC(=O)NCC(=O)NCCCCCCOP(=O)(O)Oc1ccccc1Cl. The smallest absolute Gasteiger partial charge is 0.403 e. The van der Waals surface area contributed by atoms with Gasteiger partial charge in [0.05, 0.1) is 24.2 Å². The van der Waals surface area contributed by atoms with Crippen molar-refractivity contribution >= 4 is 64.9 Å². The molecule has 0 fully saturated rings. The minimum absolute atomic E-state index is 0.0181. The quantitative estimate of drug-likeness (QED) is 0.0334. The highest BCUT2D eigenvalue weighted by molar-refractivity contribution is 7.47. The van der Waals surface area contributed by atoms with Crippen LogP contribution in [0.5, 0.6) is 5.75 Å². The van der Waals surface area contributed by atoms with Crippen molar-refractivity contribution in [1.29, 1.82) is 0 Å². The zero-order chi connectivity index (χ0) is 40.6. The van der Waals surface area contributed by atoms with Crippen LogP contribution in [-0.2, 0) is 41.1 Å². The van der Waals surface area contributed by atoms with Crippen molar-refractivity contribution in [3.63, 3.8) is 0 Å². The number of rotatable bonds is 23. The Bertz CT molecular complexity index is 2140. The summed E-state index contributed by atoms with van der Waals surface area (Å²) in [5.41, 5.74) is 9.83. The Morgan fingerprint density at radius 3 is 2.33 bits per heavy atom. The molecule has 0 radical (unpaired) electrons. The predicted molar refractivity (Wildman–Crippen MR) is 218 cm³/mol. The van der Waals surface area contributed by atoms with Gasteiger partial charge in [0.15, 0.2) is 0 Å². The number of phosphoric acid groups is 1. The molecular formula is C40H49ClN7O8P. The van der Waals surface area contributed by atoms with Crippen molar-refractivity contribution in [2.75, 3.05) is 26.2 Å². The lowest BCUT2D eigenvalue weighted by atomic mass is 10.0. The fourth-order valence-electron chi connectivity index (χ4n) is 6.15. The van der Waals surface area contributed by atoms with Crippen molar-refractivity contribution in [3.8, 4) is 5.75 Å². The molecular weight excluding hydrogens is 773 g/mol. The van der Waals surface area contributed by atoms with Crippen LogP contribution in [0.4, 0.5) is 0 Å². The monoisotopic (exact) mass is 821 g/mol. The van der Waals surface area contributed by atoms with Crippen LogP contribution in [0.25, 0.3) is 21.8 Å². The van der Waals surface area contributed by atoms with Crippen LogP contribution >= 0.6 is 19.4 Å². The third kappa shape index (κ3) is 13.8. The summed E-state index contributed by atoms with van der Waals surface area (Å²) in [6, 6.07) is 21.9. The van der Waals surface area contributed by atoms with E-state index in [0.29, 0.717) is 32.2 Å². The largest absolute Gasteiger partial charge is 0.527 e. The number of benzene rings is 3. The number of hydrogen-bond donors (Lipinski definition) is 8. The lowest BCUT2D eigenvalue weighted by Crippen LogP contribution is -2.53. The van der Waals surface area contributed by atoms with Crippen LogP contribution in [-0.4, -0.2) is 76.8 Å². The lowest BCUT2D eigenvalue weighted by molar-refractivity contribution is -0.129. The number of fused-ring (bicyclic) bond motifs is 2. The number of amides is 4. The highest BCUT2D eigenvalue weighted by atomic mass is 35.5. The fraction of sp³-hybridized carbons (Fsp3) is 0.350. The molecule has 3 aromatic carbocycles. The van der Waals surface area contributed by atoms with Gasteiger partial charge in [-0.25, -0.2) is 4.57 Å². The van der Waals surface area contributed by atoms with Crippen molar-refractivity contribution in [1.82, 2.24) is 31.2 Å². The minimum Gasteiger partial charge on any atom is -0.403 e. The number of phosphoric ester groups is 1. The highest BCUT2D eigenvalue weighted by Gasteiger charge is 2.26. The molecule has 5 aromatic rings. The number of unbranched alkanes of at least 4 members (excludes halogenated alkanes) is 3. The van der Waals surface area contributed by atoms with Gasteiger partial charge in [0, 0.05) is 60.7 Å². The van der Waals surface area contributed by atoms with E-state index >= 15 is 0 Å². The van der Waals surface area contributed by atoms with Crippen molar-refractivity contribution in [2.45, 2.75) is 63.5 Å². The Hall–Kier alpha value is -5.18. The van der Waals surface area contributed by atoms with Crippen LogP contribution in [0.15, 0.2) is 85.1 Å². The molecule has 0 spiro atoms. The molecule has 4 amide bonds. The molecule has 304 valence electrons. The Morgan fingerprint density at radius 1 is 0.807 bits per heavy atom. The number of nitrogens with two attached hydrogens (primary N) is 1. The van der Waals surface area contributed by atoms with Gasteiger partial charge in [-0.15, -0.1) is 0 Å². The molecule has 2 aromatic heterocycles. The van der Waals surface area contributed by atoms with E-state index in [1.807, 2.05) is 60.8 Å². The van der Waals surface area contributed by atoms with Crippen molar-refractivity contribution in [2.24, 2.45) is 5.73 Å². The van der Waals surface area contributed by atoms with Gasteiger partial charge in [-0.3, -0.25) is 28.6 Å². The van der Waals surface area contributed by atoms with Gasteiger partial charge in [-0.05, 0) is 60.5 Å². The van der Waals surface area contributed by atoms with Gasteiger partial charge in [-0.2, -0.15) is 0 Å². The van der Waals surface area contributed by atoms with Gasteiger partial charge in [0.2, 0.25) is 23.6 Å². The van der Waals surface area contributed by atoms with E-state index in [4.69, 9.17) is 26.4 Å². The number of hydrogen-bond acceptors (Lipinski definition) is 8. The maximum atomic E-state index is 13.4. The maximum Gasteiger partial charge on any atom is 0.527 e. The molecule has 0 aliphatic heterocycles. The molecule has 3 atom stereocenters. The van der Waals surface area contributed by atoms with Crippen LogP contribution < -0.4 is 31.5 Å². The van der Waals surface area contributed by atoms with E-state index in [1.165, 1.54) is 12.1 Å². The Labute approximate surface area is 335 Å². The molecule has 0 saturated carbocycles. The minimum atomic E-state index is -4.30. The molecule has 57 heavy (non-hydrogen) atoms. The highest BCUT2D eigenvalue weighted by Crippen LogP contribution is 2.45. The number of carbonyl (C=O) groups is 4. The molecule has 2 heterocycles. The summed E-state index contributed by atoms with van der Waals surface area (Å²) in [7, 11) is -4.30. The number of carbonyl (C=O) groups excluding carboxylic acids is 4. The number of para-hydroxylation sites is 3. The van der Waals surface area contributed by atoms with Gasteiger partial charge in [0.25, 0.3) is 0 Å². The summed E-state index contributed by atoms with van der Waals surface area (Å²) in [6.45, 7) is 0.410. The van der Waals surface area contributed by atoms with Crippen molar-refractivity contribution in [3.05, 3.63) is 101 Å². The Kier molecular flexibility index (Phi) is 16.1. The van der Waals surface area contributed by atoms with E-state index in [0.717, 1.165) is 39.5 Å². The first kappa shape index (κ1) is 43.0. The lowest BCUT2D eigenvalue weighted by Gasteiger charge is -2.20. The van der Waals surface area contributed by atoms with Gasteiger partial charge < -0.3 is 41.5 Å². The van der Waals surface area contributed by atoms with E-state index in [9.17, 15) is 28.6 Å². The summed E-state index contributed by atoms with van der Waals surface area (Å²) in [5, 5.41) is 13.2. The zero-order valence-electron chi connectivity index (χ0n) is 31.4. The molecule has 9 N–H and O–H groups in total. The van der Waals surface area contributed by atoms with Gasteiger partial charge >= 0.3 is 7.82 Å². The molecule has 15 nitrogen and oxygen atoms in total. The zero-order valence-corrected chi connectivity index (χ0v) is 33.1. The third-order valence-corrected chi connectivity index (χ3v) is 10.4. The average molecular weight is 822 g/mol. The van der Waals surface area contributed by atoms with Crippen LogP contribution in [0.1, 0.15) is 49.8 Å².